The van der Waals surface area contributed by atoms with Crippen LogP contribution in [-0.2, 0) is 8.82 Å². The first-order chi connectivity index (χ1) is 2.00. The molecule has 0 saturated carbocycles. The summed E-state index contributed by atoms with van der Waals surface area (Å²) in [6.45, 7) is 0. The van der Waals surface area contributed by atoms with E-state index in [4.69, 9.17) is 40.8 Å². The fourth-order valence-electron chi connectivity index (χ4n) is 0. The minimum absolute atomic E-state index is 2.36. The summed E-state index contributed by atoms with van der Waals surface area (Å²) in [5, 5.41) is 0. The van der Waals surface area contributed by atoms with E-state index in [1.54, 1.807) is 0 Å². The van der Waals surface area contributed by atoms with E-state index in [1.165, 1.54) is 0 Å². The molecule has 0 aromatic rings. The number of hydrogen-bond donors (Lipinski definition) is 0. The first-order valence-electron chi connectivity index (χ1n) is 0.478. The van der Waals surface area contributed by atoms with Crippen LogP contribution in [0, 0.1) is 0 Å². The molecule has 0 aliphatic heterocycles. The molecule has 0 nitrogen and oxygen atoms in total. The van der Waals surface area contributed by atoms with Gasteiger partial charge >= 0.3 is 49.6 Å². The number of halogens is 4. The maximum atomic E-state index is 4.92. The van der Waals surface area contributed by atoms with Gasteiger partial charge in [-0.3, -0.25) is 0 Å². The average Bonchev–Trinajstić information content (AvgIpc) is 0.722. The van der Waals surface area contributed by atoms with Gasteiger partial charge in [-0.1, -0.05) is 0 Å². The SMILES string of the molecule is [Cl][Ni-2]([Cl])([Cl])[Cl]. The van der Waals surface area contributed by atoms with E-state index >= 15 is 0 Å². The third-order valence-electron chi connectivity index (χ3n) is 0. The van der Waals surface area contributed by atoms with Crippen molar-refractivity contribution in [1.29, 1.82) is 0 Å². The van der Waals surface area contributed by atoms with Crippen molar-refractivity contribution in [2.45, 2.75) is 0 Å². The quantitative estimate of drug-likeness (QED) is 0.528. The van der Waals surface area contributed by atoms with Gasteiger partial charge in [-0.15, -0.1) is 0 Å². The molecule has 0 spiro atoms. The van der Waals surface area contributed by atoms with Gasteiger partial charge in [0.1, 0.15) is 0 Å². The molecule has 0 aliphatic carbocycles. The van der Waals surface area contributed by atoms with Crippen LogP contribution in [0.3, 0.4) is 0 Å². The predicted octanol–water partition coefficient (Wildman–Crippen LogP) is 2.76. The topological polar surface area (TPSA) is 0 Å². The Morgan fingerprint density at radius 1 is 0.800 bits per heavy atom. The fourth-order valence-corrected chi connectivity index (χ4v) is 0. The summed E-state index contributed by atoms with van der Waals surface area (Å²) in [7, 11) is 17.3. The van der Waals surface area contributed by atoms with E-state index in [2.05, 4.69) is 0 Å². The van der Waals surface area contributed by atoms with E-state index in [1.807, 2.05) is 0 Å². The normalized spacial score (nSPS) is 15.2. The first kappa shape index (κ1) is 6.65. The zero-order valence-electron chi connectivity index (χ0n) is 1.83. The monoisotopic (exact) mass is 198 g/mol. The van der Waals surface area contributed by atoms with E-state index in [0.29, 0.717) is 0 Å². The summed E-state index contributed by atoms with van der Waals surface area (Å²) in [4.78, 5) is 0. The molecule has 0 aromatic carbocycles. The molecule has 0 rings (SSSR count). The summed E-state index contributed by atoms with van der Waals surface area (Å²) in [6.07, 6.45) is 0. The summed E-state index contributed by atoms with van der Waals surface area (Å²) >= 11 is 0. The number of hydrogen-bond acceptors (Lipinski definition) is 0. The Morgan fingerprint density at radius 2 is 0.800 bits per heavy atom. The second-order valence-electron chi connectivity index (χ2n) is 0.271. The van der Waals surface area contributed by atoms with Crippen molar-refractivity contribution in [3.63, 3.8) is 0 Å². The van der Waals surface area contributed by atoms with Gasteiger partial charge in [0.2, 0.25) is 0 Å². The molecule has 0 aliphatic rings. The van der Waals surface area contributed by atoms with Crippen LogP contribution in [-0.4, -0.2) is 0 Å². The second kappa shape index (κ2) is 2.09. The van der Waals surface area contributed by atoms with Gasteiger partial charge in [0, 0.05) is 0 Å². The Bertz CT molecular complexity index is 19.1. The zero-order valence-corrected chi connectivity index (χ0v) is 5.84. The van der Waals surface area contributed by atoms with Crippen LogP contribution in [0.25, 0.3) is 0 Å². The van der Waals surface area contributed by atoms with Crippen molar-refractivity contribution in [2.24, 2.45) is 0 Å². The van der Waals surface area contributed by atoms with Crippen molar-refractivity contribution >= 4 is 40.8 Å². The summed E-state index contributed by atoms with van der Waals surface area (Å²) in [5.74, 6) is 0. The van der Waals surface area contributed by atoms with Crippen LogP contribution in [0.5, 0.6) is 0 Å². The molecule has 5 heteroatoms. The standard InChI is InChI=1S/4ClH.Ni/h4*1H;/q;;;;+2/p-4. The molecule has 0 heterocycles. The minimum atomic E-state index is -2.36. The van der Waals surface area contributed by atoms with Gasteiger partial charge in [0.05, 0.1) is 0 Å². The molecule has 0 radical (unpaired) electrons. The fraction of sp³-hybridized carbons (Fsp3) is 0. The van der Waals surface area contributed by atoms with Gasteiger partial charge in [0.15, 0.2) is 0 Å². The van der Waals surface area contributed by atoms with Gasteiger partial charge in [-0.25, -0.2) is 0 Å². The third-order valence-corrected chi connectivity index (χ3v) is 0. The Hall–Kier alpha value is 1.65. The van der Waals surface area contributed by atoms with Crippen LogP contribution in [0.1, 0.15) is 0 Å². The zero-order chi connectivity index (χ0) is 4.50. The average molecular weight is 201 g/mol. The molecular formula is Cl4Ni-2. The summed E-state index contributed by atoms with van der Waals surface area (Å²) in [6, 6.07) is 0. The number of rotatable bonds is 0. The molecule has 0 fully saturated rings. The first-order valence-corrected chi connectivity index (χ1v) is 5.91. The molecule has 0 unspecified atom stereocenters. The van der Waals surface area contributed by atoms with Crippen LogP contribution in [0.15, 0.2) is 0 Å². The van der Waals surface area contributed by atoms with Crippen LogP contribution >= 0.6 is 40.8 Å². The van der Waals surface area contributed by atoms with Gasteiger partial charge in [-0.2, -0.15) is 0 Å². The molecule has 0 amide bonds. The van der Waals surface area contributed by atoms with Gasteiger partial charge in [-0.05, 0) is 0 Å². The molecular weight excluding hydrogens is 201 g/mol. The van der Waals surface area contributed by atoms with Gasteiger partial charge in [0.25, 0.3) is 0 Å². The van der Waals surface area contributed by atoms with Crippen LogP contribution < -0.4 is 0 Å². The van der Waals surface area contributed by atoms with Crippen molar-refractivity contribution in [1.82, 2.24) is 0 Å². The van der Waals surface area contributed by atoms with E-state index in [-0.39, 0.29) is 0 Å². The van der Waals surface area contributed by atoms with Crippen molar-refractivity contribution in [3.05, 3.63) is 0 Å². The van der Waals surface area contributed by atoms with E-state index < -0.39 is 8.82 Å². The van der Waals surface area contributed by atoms with Crippen molar-refractivity contribution in [3.8, 4) is 0 Å². The second-order valence-corrected chi connectivity index (χ2v) is 10.1. The van der Waals surface area contributed by atoms with Crippen molar-refractivity contribution in [2.75, 3.05) is 0 Å². The van der Waals surface area contributed by atoms with Crippen LogP contribution in [0.2, 0.25) is 0 Å². The van der Waals surface area contributed by atoms with Crippen molar-refractivity contribution < 1.29 is 8.82 Å². The predicted molar refractivity (Wildman–Crippen MR) is 23.4 cm³/mol. The van der Waals surface area contributed by atoms with Crippen LogP contribution in [0.4, 0.5) is 0 Å². The Balaban J connectivity index is 3.02. The Kier molecular flexibility index (Phi) is 2.78. The molecule has 0 saturated heterocycles. The molecule has 5 heavy (non-hydrogen) atoms. The molecule has 0 bridgehead atoms. The maximum absolute atomic E-state index is 4.92. The summed E-state index contributed by atoms with van der Waals surface area (Å²) < 4.78 is 0. The van der Waals surface area contributed by atoms with E-state index in [9.17, 15) is 0 Å². The van der Waals surface area contributed by atoms with E-state index in [0.717, 1.165) is 0 Å². The van der Waals surface area contributed by atoms with Gasteiger partial charge < -0.3 is 0 Å². The molecule has 0 atom stereocenters. The molecule has 40 valence electrons. The molecule has 0 aromatic heterocycles. The molecule has 0 N–H and O–H groups in total. The summed E-state index contributed by atoms with van der Waals surface area (Å²) in [5.41, 5.74) is 0. The Labute approximate surface area is 49.5 Å². The third kappa shape index (κ3) is 27.6. The Morgan fingerprint density at radius 3 is 0.800 bits per heavy atom.